The molecule has 3 rings (SSSR count). The van der Waals surface area contributed by atoms with Crippen LogP contribution in [0.5, 0.6) is 0 Å². The summed E-state index contributed by atoms with van der Waals surface area (Å²) in [5.41, 5.74) is 1.31. The summed E-state index contributed by atoms with van der Waals surface area (Å²) >= 11 is 5.64. The molecule has 19 heavy (non-hydrogen) atoms. The summed E-state index contributed by atoms with van der Waals surface area (Å²) in [7, 11) is 1.56. The van der Waals surface area contributed by atoms with Crippen LogP contribution in [0.1, 0.15) is 10.6 Å². The van der Waals surface area contributed by atoms with E-state index in [1.807, 2.05) is 18.2 Å². The molecule has 0 aliphatic carbocycles. The van der Waals surface area contributed by atoms with Crippen molar-refractivity contribution >= 4 is 34.6 Å². The number of carbonyl (C=O) groups is 1. The molecule has 96 valence electrons. The molecule has 0 unspecified atom stereocenters. The van der Waals surface area contributed by atoms with E-state index < -0.39 is 0 Å². The van der Waals surface area contributed by atoms with Gasteiger partial charge in [-0.2, -0.15) is 4.98 Å². The van der Waals surface area contributed by atoms with E-state index in [0.717, 1.165) is 0 Å². The average Bonchev–Trinajstić information content (AvgIpc) is 3.02. The van der Waals surface area contributed by atoms with Crippen LogP contribution in [0.4, 0.5) is 6.01 Å². The van der Waals surface area contributed by atoms with Crippen LogP contribution >= 0.6 is 11.6 Å². The van der Waals surface area contributed by atoms with Crippen molar-refractivity contribution in [3.63, 3.8) is 0 Å². The van der Waals surface area contributed by atoms with Crippen molar-refractivity contribution in [2.24, 2.45) is 0 Å². The molecule has 1 aromatic carbocycles. The smallest absolute Gasteiger partial charge is 0.305 e. The van der Waals surface area contributed by atoms with Crippen LogP contribution in [0.3, 0.4) is 0 Å². The van der Waals surface area contributed by atoms with Crippen molar-refractivity contribution in [2.75, 3.05) is 11.9 Å². The van der Waals surface area contributed by atoms with Crippen molar-refractivity contribution in [1.82, 2.24) is 4.98 Å². The number of amides is 1. The second kappa shape index (κ2) is 4.44. The Morgan fingerprint density at radius 3 is 2.68 bits per heavy atom. The van der Waals surface area contributed by atoms with Gasteiger partial charge in [-0.25, -0.2) is 0 Å². The molecule has 0 saturated heterocycles. The van der Waals surface area contributed by atoms with Crippen LogP contribution in [0.2, 0.25) is 5.22 Å². The summed E-state index contributed by atoms with van der Waals surface area (Å²) in [6, 6.07) is 10.5. The molecule has 0 radical (unpaired) electrons. The third-order valence-corrected chi connectivity index (χ3v) is 2.86. The van der Waals surface area contributed by atoms with Crippen molar-refractivity contribution in [1.29, 1.82) is 0 Å². The number of halogens is 1. The first-order valence-corrected chi connectivity index (χ1v) is 5.92. The number of rotatable bonds is 2. The van der Waals surface area contributed by atoms with E-state index in [1.165, 1.54) is 17.0 Å². The van der Waals surface area contributed by atoms with Gasteiger partial charge in [0.25, 0.3) is 5.91 Å². The monoisotopic (exact) mass is 276 g/mol. The lowest BCUT2D eigenvalue weighted by Gasteiger charge is -2.09. The number of fused-ring (bicyclic) bond motifs is 1. The number of hydrogen-bond donors (Lipinski definition) is 0. The minimum atomic E-state index is -0.376. The molecule has 0 N–H and O–H groups in total. The van der Waals surface area contributed by atoms with Crippen molar-refractivity contribution in [2.45, 2.75) is 0 Å². The van der Waals surface area contributed by atoms with Crippen LogP contribution in [-0.2, 0) is 0 Å². The highest BCUT2D eigenvalue weighted by atomic mass is 35.5. The first kappa shape index (κ1) is 11.8. The summed E-state index contributed by atoms with van der Waals surface area (Å²) in [6.45, 7) is 0. The highest BCUT2D eigenvalue weighted by Gasteiger charge is 2.21. The summed E-state index contributed by atoms with van der Waals surface area (Å²) in [6.07, 6.45) is 0. The zero-order valence-electron chi connectivity index (χ0n) is 9.96. The molecule has 0 aliphatic heterocycles. The van der Waals surface area contributed by atoms with Crippen LogP contribution in [-0.4, -0.2) is 17.9 Å². The molecule has 3 aromatic rings. The molecular formula is C13H9ClN2O3. The van der Waals surface area contributed by atoms with Crippen LogP contribution in [0.25, 0.3) is 11.1 Å². The van der Waals surface area contributed by atoms with E-state index in [9.17, 15) is 4.79 Å². The quantitative estimate of drug-likeness (QED) is 0.720. The van der Waals surface area contributed by atoms with Gasteiger partial charge < -0.3 is 8.83 Å². The number of oxazole rings is 1. The molecular weight excluding hydrogens is 268 g/mol. The first-order chi connectivity index (χ1) is 9.15. The van der Waals surface area contributed by atoms with Gasteiger partial charge in [0.15, 0.2) is 16.6 Å². The summed E-state index contributed by atoms with van der Waals surface area (Å²) in [5.74, 6) is -0.242. The first-order valence-electron chi connectivity index (χ1n) is 5.54. The van der Waals surface area contributed by atoms with Crippen molar-refractivity contribution in [3.8, 4) is 0 Å². The average molecular weight is 277 g/mol. The lowest BCUT2D eigenvalue weighted by molar-refractivity contribution is 0.0962. The molecule has 0 saturated carbocycles. The second-order valence-electron chi connectivity index (χ2n) is 3.93. The van der Waals surface area contributed by atoms with Gasteiger partial charge in [-0.1, -0.05) is 12.1 Å². The molecule has 0 atom stereocenters. The zero-order chi connectivity index (χ0) is 13.4. The number of hydrogen-bond acceptors (Lipinski definition) is 4. The fourth-order valence-corrected chi connectivity index (χ4v) is 1.83. The predicted octanol–water partition coefficient (Wildman–Crippen LogP) is 3.35. The van der Waals surface area contributed by atoms with Gasteiger partial charge in [0.1, 0.15) is 5.52 Å². The van der Waals surface area contributed by atoms with Crippen LogP contribution < -0.4 is 4.90 Å². The van der Waals surface area contributed by atoms with E-state index >= 15 is 0 Å². The zero-order valence-corrected chi connectivity index (χ0v) is 10.7. The Morgan fingerprint density at radius 1 is 1.21 bits per heavy atom. The van der Waals surface area contributed by atoms with E-state index in [-0.39, 0.29) is 22.9 Å². The Labute approximate surface area is 113 Å². The molecule has 1 amide bonds. The normalized spacial score (nSPS) is 10.8. The molecule has 2 heterocycles. The topological polar surface area (TPSA) is 59.5 Å². The Balaban J connectivity index is 1.94. The molecule has 2 aromatic heterocycles. The Bertz CT molecular complexity index is 714. The molecule has 0 spiro atoms. The molecule has 0 bridgehead atoms. The third kappa shape index (κ3) is 2.08. The molecule has 0 fully saturated rings. The van der Waals surface area contributed by atoms with Gasteiger partial charge in [-0.05, 0) is 35.9 Å². The van der Waals surface area contributed by atoms with Gasteiger partial charge in [0, 0.05) is 7.05 Å². The number of benzene rings is 1. The highest BCUT2D eigenvalue weighted by molar-refractivity contribution is 6.29. The van der Waals surface area contributed by atoms with Gasteiger partial charge >= 0.3 is 6.01 Å². The highest BCUT2D eigenvalue weighted by Crippen LogP contribution is 2.23. The number of para-hydroxylation sites is 2. The van der Waals surface area contributed by atoms with Gasteiger partial charge in [0.2, 0.25) is 0 Å². The van der Waals surface area contributed by atoms with Gasteiger partial charge in [-0.15, -0.1) is 0 Å². The SMILES string of the molecule is CN(C(=O)c1ccc(Cl)o1)c1nc2ccccc2o1. The van der Waals surface area contributed by atoms with Crippen LogP contribution in [0, 0.1) is 0 Å². The lowest BCUT2D eigenvalue weighted by Crippen LogP contribution is -2.25. The van der Waals surface area contributed by atoms with E-state index in [2.05, 4.69) is 4.98 Å². The van der Waals surface area contributed by atoms with Crippen molar-refractivity contribution in [3.05, 3.63) is 47.4 Å². The number of aromatic nitrogens is 1. The molecule has 5 nitrogen and oxygen atoms in total. The van der Waals surface area contributed by atoms with E-state index in [0.29, 0.717) is 11.1 Å². The Hall–Kier alpha value is -2.27. The van der Waals surface area contributed by atoms with Gasteiger partial charge in [0.05, 0.1) is 0 Å². The minimum Gasteiger partial charge on any atom is -0.440 e. The number of nitrogens with zero attached hydrogens (tertiary/aromatic N) is 2. The lowest BCUT2D eigenvalue weighted by atomic mass is 10.3. The molecule has 0 aliphatic rings. The number of carbonyl (C=O) groups excluding carboxylic acids is 1. The largest absolute Gasteiger partial charge is 0.440 e. The Kier molecular flexibility index (Phi) is 2.76. The minimum absolute atomic E-state index is 0.134. The maximum atomic E-state index is 12.1. The maximum absolute atomic E-state index is 12.1. The summed E-state index contributed by atoms with van der Waals surface area (Å²) < 4.78 is 10.6. The fourth-order valence-electron chi connectivity index (χ4n) is 1.68. The number of anilines is 1. The van der Waals surface area contributed by atoms with E-state index in [1.54, 1.807) is 13.1 Å². The maximum Gasteiger partial charge on any atom is 0.305 e. The summed E-state index contributed by atoms with van der Waals surface area (Å²) in [4.78, 5) is 17.6. The standard InChI is InChI=1S/C13H9ClN2O3/c1-16(12(17)10-6-7-11(14)18-10)13-15-8-4-2-3-5-9(8)19-13/h2-7H,1H3. The van der Waals surface area contributed by atoms with Crippen LogP contribution in [0.15, 0.2) is 45.2 Å². The van der Waals surface area contributed by atoms with Crippen molar-refractivity contribution < 1.29 is 13.6 Å². The van der Waals surface area contributed by atoms with E-state index in [4.69, 9.17) is 20.4 Å². The fraction of sp³-hybridized carbons (Fsp3) is 0.0769. The summed E-state index contributed by atoms with van der Waals surface area (Å²) in [5, 5.41) is 0.161. The molecule has 6 heteroatoms. The number of furan rings is 1. The third-order valence-electron chi connectivity index (χ3n) is 2.66. The second-order valence-corrected chi connectivity index (χ2v) is 4.30. The van der Waals surface area contributed by atoms with Gasteiger partial charge in [-0.3, -0.25) is 9.69 Å². The Morgan fingerprint density at radius 2 is 2.00 bits per heavy atom. The predicted molar refractivity (Wildman–Crippen MR) is 70.5 cm³/mol.